The zero-order chi connectivity index (χ0) is 30.1. The van der Waals surface area contributed by atoms with Gasteiger partial charge in [0.1, 0.15) is 10.7 Å². The van der Waals surface area contributed by atoms with Gasteiger partial charge in [-0.3, -0.25) is 19.3 Å². The van der Waals surface area contributed by atoms with Crippen molar-refractivity contribution in [1.82, 2.24) is 14.8 Å². The third-order valence-electron chi connectivity index (χ3n) is 6.92. The molecular weight excluding hydrogens is 576 g/mol. The maximum Gasteiger partial charge on any atom is 0.418 e. The van der Waals surface area contributed by atoms with Crippen LogP contribution in [0.1, 0.15) is 21.5 Å². The van der Waals surface area contributed by atoms with Crippen molar-refractivity contribution in [2.24, 2.45) is 0 Å². The van der Waals surface area contributed by atoms with E-state index >= 15 is 0 Å². The molecule has 0 spiro atoms. The van der Waals surface area contributed by atoms with Crippen LogP contribution >= 0.6 is 0 Å². The molecule has 1 saturated heterocycles. The molecule has 42 heavy (non-hydrogen) atoms. The largest absolute Gasteiger partial charge is 0.418 e. The summed E-state index contributed by atoms with van der Waals surface area (Å²) in [5.74, 6) is -1.53. The van der Waals surface area contributed by atoms with Crippen LogP contribution in [0, 0.1) is 5.82 Å². The number of alkyl halides is 3. The second-order valence-electron chi connectivity index (χ2n) is 9.64. The van der Waals surface area contributed by atoms with E-state index < -0.39 is 39.2 Å². The molecule has 0 aliphatic carbocycles. The lowest BCUT2D eigenvalue weighted by atomic mass is 10.1. The Balaban J connectivity index is 1.32. The third kappa shape index (κ3) is 6.05. The van der Waals surface area contributed by atoms with Gasteiger partial charge in [0.05, 0.1) is 23.2 Å². The number of amides is 2. The van der Waals surface area contributed by atoms with Crippen LogP contribution in [0.15, 0.2) is 83.9 Å². The Morgan fingerprint density at radius 1 is 0.881 bits per heavy atom. The molecule has 4 aromatic rings. The van der Waals surface area contributed by atoms with Gasteiger partial charge in [0.2, 0.25) is 5.91 Å². The highest BCUT2D eigenvalue weighted by molar-refractivity contribution is 7.93. The first-order valence-electron chi connectivity index (χ1n) is 12.8. The first-order valence-corrected chi connectivity index (χ1v) is 14.3. The van der Waals surface area contributed by atoms with E-state index in [0.717, 1.165) is 12.1 Å². The fourth-order valence-electron chi connectivity index (χ4n) is 4.75. The van der Waals surface area contributed by atoms with Gasteiger partial charge in [-0.1, -0.05) is 36.4 Å². The van der Waals surface area contributed by atoms with Gasteiger partial charge in [0.25, 0.3) is 15.9 Å². The number of piperazine rings is 1. The molecule has 1 fully saturated rings. The van der Waals surface area contributed by atoms with Crippen molar-refractivity contribution in [3.05, 3.63) is 102 Å². The summed E-state index contributed by atoms with van der Waals surface area (Å²) in [4.78, 5) is 32.3. The molecule has 5 rings (SSSR count). The van der Waals surface area contributed by atoms with Crippen molar-refractivity contribution in [3.63, 3.8) is 0 Å². The molecule has 1 aliphatic heterocycles. The van der Waals surface area contributed by atoms with E-state index in [-0.39, 0.29) is 60.0 Å². The number of para-hydroxylation sites is 1. The smallest absolute Gasteiger partial charge is 0.339 e. The summed E-state index contributed by atoms with van der Waals surface area (Å²) >= 11 is 0. The first kappa shape index (κ1) is 29.0. The van der Waals surface area contributed by atoms with Crippen LogP contribution in [-0.2, 0) is 27.4 Å². The molecule has 1 N–H and O–H groups in total. The van der Waals surface area contributed by atoms with Crippen molar-refractivity contribution in [3.8, 4) is 0 Å². The van der Waals surface area contributed by atoms with Crippen LogP contribution in [0.3, 0.4) is 0 Å². The van der Waals surface area contributed by atoms with Gasteiger partial charge >= 0.3 is 6.18 Å². The third-order valence-corrected chi connectivity index (χ3v) is 8.32. The topological polar surface area (TPSA) is 99.7 Å². The number of rotatable bonds is 6. The summed E-state index contributed by atoms with van der Waals surface area (Å²) < 4.78 is 84.4. The van der Waals surface area contributed by atoms with Gasteiger partial charge in [0.15, 0.2) is 0 Å². The summed E-state index contributed by atoms with van der Waals surface area (Å²) in [7, 11) is -4.48. The van der Waals surface area contributed by atoms with Gasteiger partial charge in [0, 0.05) is 43.3 Å². The van der Waals surface area contributed by atoms with E-state index in [2.05, 4.69) is 4.98 Å². The van der Waals surface area contributed by atoms with Crippen LogP contribution in [0.25, 0.3) is 10.9 Å². The molecule has 1 aliphatic rings. The van der Waals surface area contributed by atoms with Gasteiger partial charge in [-0.25, -0.2) is 12.8 Å². The van der Waals surface area contributed by atoms with Crippen molar-refractivity contribution in [2.45, 2.75) is 17.5 Å². The van der Waals surface area contributed by atoms with Crippen LogP contribution < -0.4 is 4.72 Å². The number of carbonyl (C=O) groups excluding carboxylic acids is 2. The highest BCUT2D eigenvalue weighted by atomic mass is 32.2. The molecule has 0 atom stereocenters. The SMILES string of the molecule is O=C(Cc1ccccc1F)N1CCN(C(=O)c2ccc(NS(=O)(=O)c3cccc4cccnc34)c(C(F)(F)F)c2)CC1. The van der Waals surface area contributed by atoms with E-state index in [1.165, 1.54) is 46.3 Å². The van der Waals surface area contributed by atoms with Gasteiger partial charge in [-0.15, -0.1) is 0 Å². The Labute approximate surface area is 238 Å². The fraction of sp³-hybridized carbons (Fsp3) is 0.207. The number of hydrogen-bond donors (Lipinski definition) is 1. The van der Waals surface area contributed by atoms with Crippen molar-refractivity contribution >= 4 is 38.4 Å². The van der Waals surface area contributed by atoms with E-state index in [1.54, 1.807) is 24.3 Å². The molecule has 0 saturated carbocycles. The molecule has 13 heteroatoms. The number of sulfonamides is 1. The zero-order valence-electron chi connectivity index (χ0n) is 21.9. The summed E-state index contributed by atoms with van der Waals surface area (Å²) in [5.41, 5.74) is -2.02. The van der Waals surface area contributed by atoms with Gasteiger partial charge in [-0.05, 0) is 42.0 Å². The number of fused-ring (bicyclic) bond motifs is 1. The predicted octanol–water partition coefficient (Wildman–Crippen LogP) is 4.72. The highest BCUT2D eigenvalue weighted by Gasteiger charge is 2.36. The van der Waals surface area contributed by atoms with E-state index in [1.807, 2.05) is 4.72 Å². The minimum atomic E-state index is -4.98. The fourth-order valence-corrected chi connectivity index (χ4v) is 6.01. The standard InChI is InChI=1S/C29H24F4N4O4S/c30-23-8-2-1-5-20(23)18-26(38)36-13-15-37(16-14-36)28(39)21-10-11-24(22(17-21)29(31,32)33)35-42(40,41)25-9-3-6-19-7-4-12-34-27(19)25/h1-12,17,35H,13-16,18H2. The number of benzene rings is 3. The Bertz CT molecular complexity index is 1770. The first-order chi connectivity index (χ1) is 19.9. The number of anilines is 1. The molecule has 1 aromatic heterocycles. The Morgan fingerprint density at radius 2 is 1.57 bits per heavy atom. The molecular formula is C29H24F4N4O4S. The van der Waals surface area contributed by atoms with Crippen LogP contribution in [0.2, 0.25) is 0 Å². The molecule has 3 aromatic carbocycles. The Kier molecular flexibility index (Phi) is 7.87. The van der Waals surface area contributed by atoms with Gasteiger partial charge < -0.3 is 9.80 Å². The van der Waals surface area contributed by atoms with Crippen molar-refractivity contribution in [1.29, 1.82) is 0 Å². The number of nitrogens with one attached hydrogen (secondary N) is 1. The Hall–Kier alpha value is -4.52. The predicted molar refractivity (Wildman–Crippen MR) is 147 cm³/mol. The highest BCUT2D eigenvalue weighted by Crippen LogP contribution is 2.37. The lowest BCUT2D eigenvalue weighted by Crippen LogP contribution is -2.51. The summed E-state index contributed by atoms with van der Waals surface area (Å²) in [6.07, 6.45) is -3.76. The molecule has 0 radical (unpaired) electrons. The molecule has 2 amide bonds. The average Bonchev–Trinajstić information content (AvgIpc) is 2.97. The quantitative estimate of drug-likeness (QED) is 0.323. The second kappa shape index (κ2) is 11.4. The number of nitrogens with zero attached hydrogens (tertiary/aromatic N) is 3. The summed E-state index contributed by atoms with van der Waals surface area (Å²) in [6, 6.07) is 16.1. The molecule has 8 nitrogen and oxygen atoms in total. The van der Waals surface area contributed by atoms with Gasteiger partial charge in [-0.2, -0.15) is 13.2 Å². The second-order valence-corrected chi connectivity index (χ2v) is 11.3. The lowest BCUT2D eigenvalue weighted by Gasteiger charge is -2.35. The maximum absolute atomic E-state index is 14.1. The number of pyridine rings is 1. The average molecular weight is 601 g/mol. The maximum atomic E-state index is 14.1. The summed E-state index contributed by atoms with van der Waals surface area (Å²) in [6.45, 7) is 0.377. The molecule has 0 bridgehead atoms. The number of carbonyl (C=O) groups is 2. The van der Waals surface area contributed by atoms with Crippen LogP contribution in [0.5, 0.6) is 0 Å². The monoisotopic (exact) mass is 600 g/mol. The number of halogens is 4. The number of hydrogen-bond acceptors (Lipinski definition) is 5. The normalized spacial score (nSPS) is 14.2. The minimum absolute atomic E-state index is 0.0612. The minimum Gasteiger partial charge on any atom is -0.339 e. The van der Waals surface area contributed by atoms with E-state index in [4.69, 9.17) is 0 Å². The molecule has 218 valence electrons. The number of aromatic nitrogens is 1. The Morgan fingerprint density at radius 3 is 2.29 bits per heavy atom. The zero-order valence-corrected chi connectivity index (χ0v) is 22.8. The van der Waals surface area contributed by atoms with E-state index in [0.29, 0.717) is 11.5 Å². The van der Waals surface area contributed by atoms with E-state index in [9.17, 15) is 35.6 Å². The molecule has 2 heterocycles. The molecule has 0 unspecified atom stereocenters. The summed E-state index contributed by atoms with van der Waals surface area (Å²) in [5, 5.41) is 0.492. The van der Waals surface area contributed by atoms with Crippen molar-refractivity contribution in [2.75, 3.05) is 30.9 Å². The lowest BCUT2D eigenvalue weighted by molar-refractivity contribution is -0.137. The van der Waals surface area contributed by atoms with Crippen LogP contribution in [0.4, 0.5) is 23.2 Å². The van der Waals surface area contributed by atoms with Crippen molar-refractivity contribution < 1.29 is 35.6 Å². The van der Waals surface area contributed by atoms with Crippen LogP contribution in [-0.4, -0.2) is 61.2 Å².